The van der Waals surface area contributed by atoms with E-state index in [2.05, 4.69) is 0 Å². The lowest BCUT2D eigenvalue weighted by atomic mass is 10.0. The van der Waals surface area contributed by atoms with Crippen molar-refractivity contribution in [2.24, 2.45) is 0 Å². The number of ether oxygens (including phenoxy) is 2. The SMILES string of the molecule is [2H]C([2H])([2H])/C=C1\C(C(=O)OCC)=C(C)OC1C([2H])([2H])[2H]. The van der Waals surface area contributed by atoms with Crippen molar-refractivity contribution < 1.29 is 22.5 Å². The summed E-state index contributed by atoms with van der Waals surface area (Å²) in [4.78, 5) is 11.9. The molecular weight excluding hydrogens is 180 g/mol. The number of carbonyl (C=O) groups excluding carboxylic acids is 1. The van der Waals surface area contributed by atoms with Gasteiger partial charge in [-0.1, -0.05) is 6.08 Å². The standard InChI is InChI=1S/C11H16O3/c1-5-9-7(3)14-8(4)10(9)11(12)13-6-2/h5,7H,6H2,1-4H3/b9-5-/i1D3,3D3. The van der Waals surface area contributed by atoms with Crippen LogP contribution in [0.4, 0.5) is 0 Å². The predicted octanol–water partition coefficient (Wildman–Crippen LogP) is 2.19. The van der Waals surface area contributed by atoms with Crippen LogP contribution in [0.2, 0.25) is 0 Å². The van der Waals surface area contributed by atoms with Crippen LogP contribution in [0.3, 0.4) is 0 Å². The molecule has 0 aromatic heterocycles. The van der Waals surface area contributed by atoms with Crippen LogP contribution in [0, 0.1) is 0 Å². The number of hydrogen-bond donors (Lipinski definition) is 0. The van der Waals surface area contributed by atoms with E-state index in [0.717, 1.165) is 6.08 Å². The van der Waals surface area contributed by atoms with Gasteiger partial charge in [-0.05, 0) is 27.6 Å². The van der Waals surface area contributed by atoms with Gasteiger partial charge in [0.05, 0.1) is 6.61 Å². The lowest BCUT2D eigenvalue weighted by Gasteiger charge is -2.06. The zero-order chi connectivity index (χ0) is 15.7. The van der Waals surface area contributed by atoms with E-state index in [4.69, 9.17) is 17.7 Å². The number of allylic oxidation sites excluding steroid dienone is 2. The highest BCUT2D eigenvalue weighted by molar-refractivity contribution is 5.95. The van der Waals surface area contributed by atoms with Crippen LogP contribution >= 0.6 is 0 Å². The highest BCUT2D eigenvalue weighted by Crippen LogP contribution is 2.30. The van der Waals surface area contributed by atoms with Gasteiger partial charge in [-0.2, -0.15) is 0 Å². The van der Waals surface area contributed by atoms with E-state index in [-0.39, 0.29) is 23.5 Å². The van der Waals surface area contributed by atoms with E-state index in [1.54, 1.807) is 6.92 Å². The van der Waals surface area contributed by atoms with Gasteiger partial charge in [0.2, 0.25) is 0 Å². The highest BCUT2D eigenvalue weighted by atomic mass is 16.5. The maximum Gasteiger partial charge on any atom is 0.341 e. The molecule has 0 saturated heterocycles. The minimum Gasteiger partial charge on any atom is -0.490 e. The minimum atomic E-state index is -2.58. The average Bonchev–Trinajstić information content (AvgIpc) is 2.52. The third-order valence-corrected chi connectivity index (χ3v) is 1.85. The Labute approximate surface area is 92.8 Å². The second kappa shape index (κ2) is 4.31. The summed E-state index contributed by atoms with van der Waals surface area (Å²) in [6, 6.07) is 0. The molecule has 0 aliphatic carbocycles. The fraction of sp³-hybridized carbons (Fsp3) is 0.545. The summed E-state index contributed by atoms with van der Waals surface area (Å²) >= 11 is 0. The van der Waals surface area contributed by atoms with E-state index in [9.17, 15) is 4.79 Å². The van der Waals surface area contributed by atoms with Crippen molar-refractivity contribution in [2.75, 3.05) is 6.61 Å². The van der Waals surface area contributed by atoms with Gasteiger partial charge in [0.15, 0.2) is 0 Å². The van der Waals surface area contributed by atoms with Gasteiger partial charge in [0.25, 0.3) is 0 Å². The zero-order valence-electron chi connectivity index (χ0n) is 14.1. The molecule has 0 amide bonds. The van der Waals surface area contributed by atoms with Crippen LogP contribution in [0.15, 0.2) is 23.0 Å². The molecule has 0 N–H and O–H groups in total. The van der Waals surface area contributed by atoms with Crippen LogP contribution in [0.1, 0.15) is 35.8 Å². The summed E-state index contributed by atoms with van der Waals surface area (Å²) in [6.45, 7) is -2.00. The molecule has 14 heavy (non-hydrogen) atoms. The molecule has 78 valence electrons. The van der Waals surface area contributed by atoms with Crippen LogP contribution in [-0.4, -0.2) is 18.7 Å². The van der Waals surface area contributed by atoms with Crippen molar-refractivity contribution in [3.05, 3.63) is 23.0 Å². The fourth-order valence-corrected chi connectivity index (χ4v) is 1.25. The first-order chi connectivity index (χ1) is 8.97. The van der Waals surface area contributed by atoms with Crippen molar-refractivity contribution in [3.8, 4) is 0 Å². The predicted molar refractivity (Wildman–Crippen MR) is 53.6 cm³/mol. The minimum absolute atomic E-state index is 0.0556. The van der Waals surface area contributed by atoms with E-state index >= 15 is 0 Å². The van der Waals surface area contributed by atoms with E-state index < -0.39 is 25.8 Å². The maximum atomic E-state index is 11.9. The number of hydrogen-bond acceptors (Lipinski definition) is 3. The number of rotatable bonds is 2. The Hall–Kier alpha value is -1.25. The normalized spacial score (nSPS) is 32.1. The van der Waals surface area contributed by atoms with Gasteiger partial charge in [-0.15, -0.1) is 0 Å². The monoisotopic (exact) mass is 202 g/mol. The third-order valence-electron chi connectivity index (χ3n) is 1.85. The third kappa shape index (κ3) is 1.81. The molecule has 0 aromatic rings. The first-order valence-electron chi connectivity index (χ1n) is 7.25. The molecule has 1 aliphatic heterocycles. The molecule has 1 rings (SSSR count). The Bertz CT molecular complexity index is 458. The molecule has 3 heteroatoms. The number of carbonyl (C=O) groups is 1. The number of esters is 1. The molecule has 1 heterocycles. The van der Waals surface area contributed by atoms with Crippen molar-refractivity contribution in [1.82, 2.24) is 0 Å². The van der Waals surface area contributed by atoms with Gasteiger partial charge in [-0.3, -0.25) is 0 Å². The summed E-state index contributed by atoms with van der Waals surface area (Å²) in [5, 5.41) is 0. The molecule has 0 aromatic carbocycles. The first-order valence-corrected chi connectivity index (χ1v) is 4.25. The van der Waals surface area contributed by atoms with Crippen LogP contribution in [0.5, 0.6) is 0 Å². The van der Waals surface area contributed by atoms with Crippen molar-refractivity contribution >= 4 is 5.97 Å². The van der Waals surface area contributed by atoms with E-state index in [1.165, 1.54) is 6.92 Å². The average molecular weight is 202 g/mol. The lowest BCUT2D eigenvalue weighted by Crippen LogP contribution is -2.11. The second-order valence-corrected chi connectivity index (χ2v) is 2.75. The molecule has 3 nitrogen and oxygen atoms in total. The van der Waals surface area contributed by atoms with Crippen LogP contribution < -0.4 is 0 Å². The van der Waals surface area contributed by atoms with E-state index in [1.807, 2.05) is 0 Å². The van der Waals surface area contributed by atoms with Gasteiger partial charge in [0, 0.05) is 13.8 Å². The molecule has 1 atom stereocenters. The molecule has 0 saturated carbocycles. The molecule has 0 bridgehead atoms. The van der Waals surface area contributed by atoms with Gasteiger partial charge >= 0.3 is 5.97 Å². The second-order valence-electron chi connectivity index (χ2n) is 2.75. The Balaban J connectivity index is 3.30. The molecule has 0 fully saturated rings. The van der Waals surface area contributed by atoms with Crippen molar-refractivity contribution in [2.45, 2.75) is 33.7 Å². The Morgan fingerprint density at radius 2 is 2.57 bits per heavy atom. The Kier molecular flexibility index (Phi) is 1.54. The summed E-state index contributed by atoms with van der Waals surface area (Å²) in [5.74, 6) is -0.729. The molecule has 1 aliphatic rings. The fourth-order valence-electron chi connectivity index (χ4n) is 1.25. The van der Waals surface area contributed by atoms with Gasteiger partial charge < -0.3 is 9.47 Å². The van der Waals surface area contributed by atoms with Crippen molar-refractivity contribution in [3.63, 3.8) is 0 Å². The highest BCUT2D eigenvalue weighted by Gasteiger charge is 2.30. The maximum absolute atomic E-state index is 11.9. The molecular formula is C11H16O3. The lowest BCUT2D eigenvalue weighted by molar-refractivity contribution is -0.138. The van der Waals surface area contributed by atoms with Gasteiger partial charge in [0.1, 0.15) is 17.4 Å². The first kappa shape index (κ1) is 5.01. The Morgan fingerprint density at radius 1 is 1.79 bits per heavy atom. The van der Waals surface area contributed by atoms with Gasteiger partial charge in [-0.25, -0.2) is 4.79 Å². The summed E-state index contributed by atoms with van der Waals surface area (Å²) in [5.41, 5.74) is -0.287. The summed E-state index contributed by atoms with van der Waals surface area (Å²) < 4.78 is 53.9. The Morgan fingerprint density at radius 3 is 3.14 bits per heavy atom. The summed E-state index contributed by atoms with van der Waals surface area (Å²) in [7, 11) is 0. The van der Waals surface area contributed by atoms with Crippen molar-refractivity contribution in [1.29, 1.82) is 0 Å². The largest absolute Gasteiger partial charge is 0.490 e. The summed E-state index contributed by atoms with van der Waals surface area (Å²) in [6.07, 6.45) is -0.699. The van der Waals surface area contributed by atoms with Crippen LogP contribution in [0.25, 0.3) is 0 Å². The molecule has 0 radical (unpaired) electrons. The topological polar surface area (TPSA) is 35.5 Å². The van der Waals surface area contributed by atoms with Crippen LogP contribution in [-0.2, 0) is 14.3 Å². The molecule has 1 unspecified atom stereocenters. The zero-order valence-corrected chi connectivity index (χ0v) is 8.09. The molecule has 0 spiro atoms. The quantitative estimate of drug-likeness (QED) is 0.644. The smallest absolute Gasteiger partial charge is 0.341 e. The van der Waals surface area contributed by atoms with E-state index in [0.29, 0.717) is 0 Å².